The Balaban J connectivity index is 3.15. The number of benzene rings is 1. The molecule has 0 bridgehead atoms. The zero-order valence-corrected chi connectivity index (χ0v) is 9.82. The molecule has 0 fully saturated rings. The fourth-order valence-corrected chi connectivity index (χ4v) is 1.52. The van der Waals surface area contributed by atoms with Gasteiger partial charge in [-0.25, -0.2) is 0 Å². The maximum absolute atomic E-state index is 10.5. The van der Waals surface area contributed by atoms with Crippen LogP contribution in [0.2, 0.25) is 0 Å². The summed E-state index contributed by atoms with van der Waals surface area (Å²) in [5.74, 6) is 1.28. The van der Waals surface area contributed by atoms with Crippen LogP contribution in [-0.2, 0) is 4.79 Å². The highest BCUT2D eigenvalue weighted by Crippen LogP contribution is 2.36. The molecule has 0 heterocycles. The van der Waals surface area contributed by atoms with E-state index in [0.29, 0.717) is 23.6 Å². The molecule has 4 heteroatoms. The number of anilines is 1. The van der Waals surface area contributed by atoms with E-state index in [9.17, 15) is 4.79 Å². The van der Waals surface area contributed by atoms with Gasteiger partial charge in [-0.1, -0.05) is 6.92 Å². The van der Waals surface area contributed by atoms with Gasteiger partial charge in [0, 0.05) is 6.42 Å². The monoisotopic (exact) mass is 223 g/mol. The Morgan fingerprint density at radius 2 is 1.81 bits per heavy atom. The van der Waals surface area contributed by atoms with E-state index in [1.807, 2.05) is 19.1 Å². The highest BCUT2D eigenvalue weighted by atomic mass is 16.5. The third-order valence-corrected chi connectivity index (χ3v) is 2.59. The molecule has 0 saturated carbocycles. The molecule has 0 aliphatic heterocycles. The van der Waals surface area contributed by atoms with Gasteiger partial charge in [-0.15, -0.1) is 0 Å². The molecular formula is C12H17NO3. The second-order valence-electron chi connectivity index (χ2n) is 3.64. The molecular weight excluding hydrogens is 206 g/mol. The van der Waals surface area contributed by atoms with E-state index in [1.54, 1.807) is 14.2 Å². The maximum atomic E-state index is 10.5. The number of aldehydes is 1. The van der Waals surface area contributed by atoms with Gasteiger partial charge in [0.15, 0.2) is 0 Å². The van der Waals surface area contributed by atoms with Gasteiger partial charge in [0.25, 0.3) is 0 Å². The number of methoxy groups -OCH3 is 2. The third kappa shape index (κ3) is 2.45. The van der Waals surface area contributed by atoms with Crippen molar-refractivity contribution in [1.82, 2.24) is 0 Å². The highest BCUT2D eigenvalue weighted by Gasteiger charge is 2.13. The molecule has 0 radical (unpaired) electrons. The van der Waals surface area contributed by atoms with Gasteiger partial charge in [0.2, 0.25) is 0 Å². The molecule has 16 heavy (non-hydrogen) atoms. The Morgan fingerprint density at radius 3 is 2.19 bits per heavy atom. The van der Waals surface area contributed by atoms with Gasteiger partial charge >= 0.3 is 0 Å². The van der Waals surface area contributed by atoms with Crippen molar-refractivity contribution in [3.8, 4) is 11.5 Å². The van der Waals surface area contributed by atoms with E-state index in [2.05, 4.69) is 0 Å². The number of carbonyl (C=O) groups is 1. The normalized spacial score (nSPS) is 11.9. The van der Waals surface area contributed by atoms with E-state index >= 15 is 0 Å². The maximum Gasteiger partial charge on any atom is 0.145 e. The van der Waals surface area contributed by atoms with E-state index in [0.717, 1.165) is 11.8 Å². The number of rotatable bonds is 5. The van der Waals surface area contributed by atoms with Crippen molar-refractivity contribution < 1.29 is 14.3 Å². The minimum Gasteiger partial charge on any atom is -0.494 e. The molecule has 1 atom stereocenters. The largest absolute Gasteiger partial charge is 0.494 e. The summed E-state index contributed by atoms with van der Waals surface area (Å²) in [7, 11) is 3.11. The van der Waals surface area contributed by atoms with E-state index in [4.69, 9.17) is 15.2 Å². The van der Waals surface area contributed by atoms with Gasteiger partial charge in [0.1, 0.15) is 23.5 Å². The van der Waals surface area contributed by atoms with Crippen molar-refractivity contribution >= 4 is 12.0 Å². The Morgan fingerprint density at radius 1 is 1.31 bits per heavy atom. The lowest BCUT2D eigenvalue weighted by Gasteiger charge is -2.15. The average Bonchev–Trinajstić information content (AvgIpc) is 2.29. The quantitative estimate of drug-likeness (QED) is 0.612. The number of hydrogen-bond donors (Lipinski definition) is 1. The zero-order chi connectivity index (χ0) is 12.1. The van der Waals surface area contributed by atoms with E-state index < -0.39 is 0 Å². The minimum atomic E-state index is 0.126. The molecule has 88 valence electrons. The first kappa shape index (κ1) is 12.4. The minimum absolute atomic E-state index is 0.126. The first-order valence-electron chi connectivity index (χ1n) is 5.09. The van der Waals surface area contributed by atoms with Crippen molar-refractivity contribution in [3.05, 3.63) is 17.7 Å². The van der Waals surface area contributed by atoms with Crippen LogP contribution in [0.25, 0.3) is 0 Å². The summed E-state index contributed by atoms with van der Waals surface area (Å²) in [5.41, 5.74) is 7.29. The summed E-state index contributed by atoms with van der Waals surface area (Å²) in [6.07, 6.45) is 1.37. The second-order valence-corrected chi connectivity index (χ2v) is 3.64. The van der Waals surface area contributed by atoms with Gasteiger partial charge < -0.3 is 20.0 Å². The SMILES string of the molecule is COc1cc(C(C)CC=O)cc(OC)c1N. The van der Waals surface area contributed by atoms with Crippen LogP contribution in [0.15, 0.2) is 12.1 Å². The smallest absolute Gasteiger partial charge is 0.145 e. The van der Waals surface area contributed by atoms with Crippen LogP contribution in [-0.4, -0.2) is 20.5 Å². The van der Waals surface area contributed by atoms with E-state index in [1.165, 1.54) is 0 Å². The Labute approximate surface area is 95.3 Å². The third-order valence-electron chi connectivity index (χ3n) is 2.59. The average molecular weight is 223 g/mol. The Hall–Kier alpha value is -1.71. The van der Waals surface area contributed by atoms with E-state index in [-0.39, 0.29) is 5.92 Å². The molecule has 0 amide bonds. The second kappa shape index (κ2) is 5.39. The van der Waals surface area contributed by atoms with Crippen LogP contribution < -0.4 is 15.2 Å². The van der Waals surface area contributed by atoms with Gasteiger partial charge in [0.05, 0.1) is 14.2 Å². The molecule has 2 N–H and O–H groups in total. The van der Waals surface area contributed by atoms with Crippen LogP contribution in [0.5, 0.6) is 11.5 Å². The molecule has 0 aliphatic rings. The van der Waals surface area contributed by atoms with Gasteiger partial charge in [-0.05, 0) is 23.6 Å². The first-order chi connectivity index (χ1) is 7.63. The molecule has 4 nitrogen and oxygen atoms in total. The number of carbonyl (C=O) groups excluding carboxylic acids is 1. The fourth-order valence-electron chi connectivity index (χ4n) is 1.52. The molecule has 0 aliphatic carbocycles. The molecule has 1 unspecified atom stereocenters. The van der Waals surface area contributed by atoms with Crippen LogP contribution >= 0.6 is 0 Å². The summed E-state index contributed by atoms with van der Waals surface area (Å²) in [5, 5.41) is 0. The van der Waals surface area contributed by atoms with Crippen molar-refractivity contribution in [2.24, 2.45) is 0 Å². The first-order valence-corrected chi connectivity index (χ1v) is 5.09. The van der Waals surface area contributed by atoms with Crippen molar-refractivity contribution in [3.63, 3.8) is 0 Å². The fraction of sp³-hybridized carbons (Fsp3) is 0.417. The summed E-state index contributed by atoms with van der Waals surface area (Å²) in [6, 6.07) is 3.68. The molecule has 0 saturated heterocycles. The predicted octanol–water partition coefficient (Wildman–Crippen LogP) is 1.98. The highest BCUT2D eigenvalue weighted by molar-refractivity contribution is 5.65. The molecule has 1 aromatic rings. The van der Waals surface area contributed by atoms with Crippen LogP contribution in [0.4, 0.5) is 5.69 Å². The lowest BCUT2D eigenvalue weighted by Crippen LogP contribution is -2.01. The summed E-state index contributed by atoms with van der Waals surface area (Å²) >= 11 is 0. The topological polar surface area (TPSA) is 61.5 Å². The zero-order valence-electron chi connectivity index (χ0n) is 9.82. The lowest BCUT2D eigenvalue weighted by molar-refractivity contribution is -0.108. The number of nitrogen functional groups attached to an aromatic ring is 1. The molecule has 1 rings (SSSR count). The number of ether oxygens (including phenoxy) is 2. The number of hydrogen-bond acceptors (Lipinski definition) is 4. The molecule has 0 spiro atoms. The molecule has 0 aromatic heterocycles. The standard InChI is InChI=1S/C12H17NO3/c1-8(4-5-14)9-6-10(15-2)12(13)11(7-9)16-3/h5-8H,4,13H2,1-3H3. The van der Waals surface area contributed by atoms with Crippen LogP contribution in [0, 0.1) is 0 Å². The van der Waals surface area contributed by atoms with Gasteiger partial charge in [-0.3, -0.25) is 0 Å². The van der Waals surface area contributed by atoms with Crippen molar-refractivity contribution in [2.45, 2.75) is 19.3 Å². The van der Waals surface area contributed by atoms with Crippen molar-refractivity contribution in [1.29, 1.82) is 0 Å². The summed E-state index contributed by atoms with van der Waals surface area (Å²) in [4.78, 5) is 10.5. The lowest BCUT2D eigenvalue weighted by atomic mass is 9.97. The summed E-state index contributed by atoms with van der Waals surface area (Å²) < 4.78 is 10.3. The van der Waals surface area contributed by atoms with Gasteiger partial charge in [-0.2, -0.15) is 0 Å². The predicted molar refractivity (Wildman–Crippen MR) is 63.1 cm³/mol. The Bertz CT molecular complexity index is 352. The van der Waals surface area contributed by atoms with Crippen molar-refractivity contribution in [2.75, 3.05) is 20.0 Å². The van der Waals surface area contributed by atoms with Crippen LogP contribution in [0.1, 0.15) is 24.8 Å². The van der Waals surface area contributed by atoms with Crippen LogP contribution in [0.3, 0.4) is 0 Å². The number of nitrogens with two attached hydrogens (primary N) is 1. The summed E-state index contributed by atoms with van der Waals surface area (Å²) in [6.45, 7) is 1.97. The molecule has 1 aromatic carbocycles. The Kier molecular flexibility index (Phi) is 4.17.